The first-order valence-corrected chi connectivity index (χ1v) is 11.3. The molecular formula is C23H27N3O2S. The van der Waals surface area contributed by atoms with Crippen molar-refractivity contribution in [1.82, 2.24) is 4.90 Å². The highest BCUT2D eigenvalue weighted by atomic mass is 32.1. The van der Waals surface area contributed by atoms with Gasteiger partial charge in [-0.2, -0.15) is 5.26 Å². The number of nitriles is 1. The number of hydrogen-bond donors (Lipinski definition) is 1. The van der Waals surface area contributed by atoms with E-state index in [1.807, 2.05) is 19.1 Å². The molecule has 1 aliphatic heterocycles. The highest BCUT2D eigenvalue weighted by Crippen LogP contribution is 2.38. The topological polar surface area (TPSA) is 65.4 Å². The van der Waals surface area contributed by atoms with E-state index >= 15 is 0 Å². The smallest absolute Gasteiger partial charge is 0.226 e. The van der Waals surface area contributed by atoms with E-state index in [-0.39, 0.29) is 5.91 Å². The third kappa shape index (κ3) is 4.31. The Balaban J connectivity index is 1.35. The summed E-state index contributed by atoms with van der Waals surface area (Å²) in [7, 11) is 0. The molecule has 4 rings (SSSR count). The molecule has 1 aromatic carbocycles. The number of nitrogens with zero attached hydrogens (tertiary/aromatic N) is 2. The van der Waals surface area contributed by atoms with E-state index in [9.17, 15) is 10.1 Å². The van der Waals surface area contributed by atoms with Crippen LogP contribution >= 0.6 is 11.3 Å². The van der Waals surface area contributed by atoms with Crippen LogP contribution in [0.1, 0.15) is 60.2 Å². The fraction of sp³-hybridized carbons (Fsp3) is 0.478. The first-order chi connectivity index (χ1) is 14.2. The molecule has 5 nitrogen and oxygen atoms in total. The van der Waals surface area contributed by atoms with Gasteiger partial charge < -0.3 is 10.1 Å². The number of thiophene rings is 1. The van der Waals surface area contributed by atoms with Crippen molar-refractivity contribution in [2.45, 2.75) is 51.5 Å². The lowest BCUT2D eigenvalue weighted by Gasteiger charge is -2.24. The second kappa shape index (κ2) is 8.98. The van der Waals surface area contributed by atoms with Crippen LogP contribution in [0.5, 0.6) is 5.75 Å². The summed E-state index contributed by atoms with van der Waals surface area (Å²) in [6, 6.07) is 11.0. The molecule has 152 valence electrons. The van der Waals surface area contributed by atoms with Crippen LogP contribution in [0.3, 0.4) is 0 Å². The number of amides is 1. The number of carbonyl (C=O) groups is 1. The van der Waals surface area contributed by atoms with E-state index in [1.54, 1.807) is 11.3 Å². The van der Waals surface area contributed by atoms with Crippen LogP contribution in [0, 0.1) is 11.3 Å². The minimum absolute atomic E-state index is 0.00114. The zero-order valence-corrected chi connectivity index (χ0v) is 17.7. The number of carbonyl (C=O) groups excluding carboxylic acids is 1. The number of aryl methyl sites for hydroxylation is 1. The van der Waals surface area contributed by atoms with E-state index in [0.29, 0.717) is 24.6 Å². The predicted molar refractivity (Wildman–Crippen MR) is 115 cm³/mol. The van der Waals surface area contributed by atoms with Gasteiger partial charge in [0.25, 0.3) is 0 Å². The molecule has 2 aliphatic rings. The Morgan fingerprint density at radius 3 is 2.90 bits per heavy atom. The molecular weight excluding hydrogens is 382 g/mol. The molecule has 1 N–H and O–H groups in total. The summed E-state index contributed by atoms with van der Waals surface area (Å²) >= 11 is 1.58. The van der Waals surface area contributed by atoms with Crippen LogP contribution in [-0.2, 0) is 17.6 Å². The van der Waals surface area contributed by atoms with Crippen LogP contribution < -0.4 is 10.1 Å². The predicted octanol–water partition coefficient (Wildman–Crippen LogP) is 4.67. The molecule has 29 heavy (non-hydrogen) atoms. The molecule has 0 radical (unpaired) electrons. The van der Waals surface area contributed by atoms with Gasteiger partial charge in [0.05, 0.1) is 12.2 Å². The van der Waals surface area contributed by atoms with Gasteiger partial charge >= 0.3 is 0 Å². The molecule has 1 aliphatic carbocycles. The number of fused-ring (bicyclic) bond motifs is 1. The number of rotatable bonds is 7. The van der Waals surface area contributed by atoms with Crippen LogP contribution in [-0.4, -0.2) is 30.5 Å². The Hall–Kier alpha value is -2.36. The van der Waals surface area contributed by atoms with Gasteiger partial charge in [-0.25, -0.2) is 0 Å². The van der Waals surface area contributed by atoms with Crippen molar-refractivity contribution in [2.75, 3.05) is 25.0 Å². The van der Waals surface area contributed by atoms with E-state index in [0.717, 1.165) is 61.5 Å². The quantitative estimate of drug-likeness (QED) is 0.721. The number of likely N-dealkylation sites (tertiary alicyclic amines) is 1. The summed E-state index contributed by atoms with van der Waals surface area (Å²) in [6.45, 7) is 4.41. The standard InChI is InChI=1S/C23H27N3O2S/c1-2-28-17-10-8-16(9-11-17)20-6-4-13-26(20)14-12-22(27)25-23-19(15-24)18-5-3-7-21(18)29-23/h8-11,20H,2-7,12-14H2,1H3,(H,25,27). The van der Waals surface area contributed by atoms with Gasteiger partial charge in [-0.1, -0.05) is 12.1 Å². The van der Waals surface area contributed by atoms with Gasteiger partial charge in [0.15, 0.2) is 0 Å². The number of hydrogen-bond acceptors (Lipinski definition) is 5. The molecule has 1 fully saturated rings. The fourth-order valence-corrected chi connectivity index (χ4v) is 5.72. The van der Waals surface area contributed by atoms with E-state index in [2.05, 4.69) is 28.4 Å². The lowest BCUT2D eigenvalue weighted by Crippen LogP contribution is -2.27. The lowest BCUT2D eigenvalue weighted by molar-refractivity contribution is -0.116. The van der Waals surface area contributed by atoms with Crippen molar-refractivity contribution >= 4 is 22.2 Å². The molecule has 1 atom stereocenters. The molecule has 2 heterocycles. The molecule has 1 aromatic heterocycles. The third-order valence-electron chi connectivity index (χ3n) is 5.85. The van der Waals surface area contributed by atoms with E-state index in [4.69, 9.17) is 4.74 Å². The van der Waals surface area contributed by atoms with Crippen LogP contribution in [0.2, 0.25) is 0 Å². The monoisotopic (exact) mass is 409 g/mol. The van der Waals surface area contributed by atoms with Crippen molar-refractivity contribution in [3.8, 4) is 11.8 Å². The summed E-state index contributed by atoms with van der Waals surface area (Å²) in [5.41, 5.74) is 3.13. The maximum absolute atomic E-state index is 12.6. The summed E-state index contributed by atoms with van der Waals surface area (Å²) < 4.78 is 5.54. The minimum Gasteiger partial charge on any atom is -0.494 e. The van der Waals surface area contributed by atoms with Crippen molar-refractivity contribution in [3.63, 3.8) is 0 Å². The maximum atomic E-state index is 12.6. The van der Waals surface area contributed by atoms with Gasteiger partial charge in [0.2, 0.25) is 5.91 Å². The SMILES string of the molecule is CCOc1ccc(C2CCCN2CCC(=O)Nc2sc3c(c2C#N)CCC3)cc1. The molecule has 0 bridgehead atoms. The minimum atomic E-state index is -0.00114. The van der Waals surface area contributed by atoms with Gasteiger partial charge in [-0.3, -0.25) is 9.69 Å². The highest BCUT2D eigenvalue weighted by molar-refractivity contribution is 7.16. The highest BCUT2D eigenvalue weighted by Gasteiger charge is 2.27. The summed E-state index contributed by atoms with van der Waals surface area (Å²) in [5, 5.41) is 13.2. The van der Waals surface area contributed by atoms with Gasteiger partial charge in [0, 0.05) is 23.9 Å². The average molecular weight is 410 g/mol. The number of nitrogens with one attached hydrogen (secondary N) is 1. The first-order valence-electron chi connectivity index (χ1n) is 10.5. The fourth-order valence-electron chi connectivity index (χ4n) is 4.47. The Morgan fingerprint density at radius 1 is 1.31 bits per heavy atom. The number of ether oxygens (including phenoxy) is 1. The molecule has 1 unspecified atom stereocenters. The second-order valence-electron chi connectivity index (χ2n) is 7.67. The Morgan fingerprint density at radius 2 is 2.14 bits per heavy atom. The maximum Gasteiger partial charge on any atom is 0.226 e. The van der Waals surface area contributed by atoms with Crippen molar-refractivity contribution in [1.29, 1.82) is 5.26 Å². The Kier molecular flexibility index (Phi) is 6.17. The second-order valence-corrected chi connectivity index (χ2v) is 8.77. The molecule has 0 spiro atoms. The van der Waals surface area contributed by atoms with Crippen molar-refractivity contribution < 1.29 is 9.53 Å². The Labute approximate surface area is 176 Å². The average Bonchev–Trinajstić information content (AvgIpc) is 3.43. The Bertz CT molecular complexity index is 913. The molecule has 2 aromatic rings. The largest absolute Gasteiger partial charge is 0.494 e. The van der Waals surface area contributed by atoms with Gasteiger partial charge in [-0.05, 0) is 68.8 Å². The molecule has 0 saturated carbocycles. The summed E-state index contributed by atoms with van der Waals surface area (Å²) in [4.78, 5) is 16.2. The van der Waals surface area contributed by atoms with Gasteiger partial charge in [-0.15, -0.1) is 11.3 Å². The molecule has 1 saturated heterocycles. The van der Waals surface area contributed by atoms with Crippen molar-refractivity contribution in [2.24, 2.45) is 0 Å². The van der Waals surface area contributed by atoms with Crippen LogP contribution in [0.25, 0.3) is 0 Å². The van der Waals surface area contributed by atoms with Gasteiger partial charge in [0.1, 0.15) is 16.8 Å². The zero-order valence-electron chi connectivity index (χ0n) is 16.9. The van der Waals surface area contributed by atoms with E-state index < -0.39 is 0 Å². The summed E-state index contributed by atoms with van der Waals surface area (Å²) in [6.07, 6.45) is 5.82. The van der Waals surface area contributed by atoms with Crippen LogP contribution in [0.4, 0.5) is 5.00 Å². The van der Waals surface area contributed by atoms with Crippen LogP contribution in [0.15, 0.2) is 24.3 Å². The molecule has 6 heteroatoms. The number of anilines is 1. The third-order valence-corrected chi connectivity index (χ3v) is 7.06. The summed E-state index contributed by atoms with van der Waals surface area (Å²) in [5.74, 6) is 0.898. The first kappa shape index (κ1) is 19.9. The molecule has 1 amide bonds. The normalized spacial score (nSPS) is 18.4. The van der Waals surface area contributed by atoms with Crippen molar-refractivity contribution in [3.05, 3.63) is 45.8 Å². The lowest BCUT2D eigenvalue weighted by atomic mass is 10.0. The number of benzene rings is 1. The zero-order chi connectivity index (χ0) is 20.2. The van der Waals surface area contributed by atoms with E-state index in [1.165, 1.54) is 10.4 Å².